The van der Waals surface area contributed by atoms with Gasteiger partial charge < -0.3 is 10.2 Å². The van der Waals surface area contributed by atoms with Crippen molar-refractivity contribution in [3.05, 3.63) is 72.0 Å². The van der Waals surface area contributed by atoms with Gasteiger partial charge in [-0.2, -0.15) is 5.26 Å². The maximum atomic E-state index is 13.1. The predicted octanol–water partition coefficient (Wildman–Crippen LogP) is 4.01. The van der Waals surface area contributed by atoms with E-state index in [1.807, 2.05) is 12.1 Å². The quantitative estimate of drug-likeness (QED) is 0.714. The van der Waals surface area contributed by atoms with E-state index in [9.17, 15) is 9.18 Å². The molecule has 2 heterocycles. The van der Waals surface area contributed by atoms with Crippen molar-refractivity contribution < 1.29 is 9.18 Å². The second-order valence-electron chi connectivity index (χ2n) is 7.19. The summed E-state index contributed by atoms with van der Waals surface area (Å²) in [6.45, 7) is 1.39. The Labute approximate surface area is 174 Å². The SMILES string of the molecule is N#Cc1ccccc1NC(=O)C1CCN(c2ccc(-c3ccc(F)cc3)nn2)CC1. The molecule has 3 aromatic rings. The number of halogens is 1. The summed E-state index contributed by atoms with van der Waals surface area (Å²) in [7, 11) is 0. The second kappa shape index (κ2) is 8.70. The molecule has 0 bridgehead atoms. The first-order valence-electron chi connectivity index (χ1n) is 9.78. The molecule has 1 amide bonds. The van der Waals surface area contributed by atoms with Crippen LogP contribution in [0.3, 0.4) is 0 Å². The minimum atomic E-state index is -0.286. The normalized spacial score (nSPS) is 14.2. The van der Waals surface area contributed by atoms with Crippen LogP contribution in [0.2, 0.25) is 0 Å². The topological polar surface area (TPSA) is 81.9 Å². The molecule has 0 spiro atoms. The summed E-state index contributed by atoms with van der Waals surface area (Å²) in [5.41, 5.74) is 2.50. The van der Waals surface area contributed by atoms with E-state index < -0.39 is 0 Å². The van der Waals surface area contributed by atoms with Crippen LogP contribution in [0.25, 0.3) is 11.3 Å². The highest BCUT2D eigenvalue weighted by atomic mass is 19.1. The van der Waals surface area contributed by atoms with Crippen molar-refractivity contribution in [3.8, 4) is 17.3 Å². The van der Waals surface area contributed by atoms with E-state index in [2.05, 4.69) is 26.5 Å². The number of aromatic nitrogens is 2. The predicted molar refractivity (Wildman–Crippen MR) is 112 cm³/mol. The maximum Gasteiger partial charge on any atom is 0.227 e. The van der Waals surface area contributed by atoms with Gasteiger partial charge in [-0.25, -0.2) is 4.39 Å². The Morgan fingerprint density at radius 2 is 1.77 bits per heavy atom. The molecule has 1 saturated heterocycles. The molecule has 150 valence electrons. The fourth-order valence-electron chi connectivity index (χ4n) is 3.56. The third-order valence-corrected chi connectivity index (χ3v) is 5.29. The van der Waals surface area contributed by atoms with Crippen molar-refractivity contribution in [1.29, 1.82) is 5.26 Å². The number of hydrogen-bond donors (Lipinski definition) is 1. The second-order valence-corrected chi connectivity index (χ2v) is 7.19. The van der Waals surface area contributed by atoms with Crippen LogP contribution in [0.15, 0.2) is 60.7 Å². The van der Waals surface area contributed by atoms with Crippen LogP contribution in [-0.2, 0) is 4.79 Å². The average Bonchev–Trinajstić information content (AvgIpc) is 2.80. The highest BCUT2D eigenvalue weighted by molar-refractivity contribution is 5.94. The van der Waals surface area contributed by atoms with E-state index in [1.165, 1.54) is 12.1 Å². The summed E-state index contributed by atoms with van der Waals surface area (Å²) < 4.78 is 13.1. The number of rotatable bonds is 4. The molecule has 1 aliphatic heterocycles. The van der Waals surface area contributed by atoms with Gasteiger partial charge in [-0.05, 0) is 61.4 Å². The molecule has 0 radical (unpaired) electrons. The minimum Gasteiger partial charge on any atom is -0.355 e. The van der Waals surface area contributed by atoms with Gasteiger partial charge >= 0.3 is 0 Å². The Balaban J connectivity index is 1.35. The van der Waals surface area contributed by atoms with Crippen molar-refractivity contribution in [1.82, 2.24) is 10.2 Å². The molecule has 30 heavy (non-hydrogen) atoms. The van der Waals surface area contributed by atoms with E-state index in [4.69, 9.17) is 5.26 Å². The zero-order chi connectivity index (χ0) is 20.9. The fourth-order valence-corrected chi connectivity index (χ4v) is 3.56. The molecule has 4 rings (SSSR count). The first-order chi connectivity index (χ1) is 14.6. The summed E-state index contributed by atoms with van der Waals surface area (Å²) in [6.07, 6.45) is 1.39. The largest absolute Gasteiger partial charge is 0.355 e. The Morgan fingerprint density at radius 3 is 2.43 bits per heavy atom. The molecule has 0 saturated carbocycles. The number of piperidine rings is 1. The lowest BCUT2D eigenvalue weighted by Gasteiger charge is -2.31. The smallest absolute Gasteiger partial charge is 0.227 e. The number of hydrogen-bond acceptors (Lipinski definition) is 5. The summed E-state index contributed by atoms with van der Waals surface area (Å²) >= 11 is 0. The van der Waals surface area contributed by atoms with Crippen LogP contribution in [0, 0.1) is 23.1 Å². The van der Waals surface area contributed by atoms with Crippen LogP contribution < -0.4 is 10.2 Å². The molecular weight excluding hydrogens is 381 g/mol. The van der Waals surface area contributed by atoms with Crippen LogP contribution in [0.5, 0.6) is 0 Å². The van der Waals surface area contributed by atoms with Gasteiger partial charge in [-0.3, -0.25) is 4.79 Å². The highest BCUT2D eigenvalue weighted by Crippen LogP contribution is 2.25. The number of nitrogens with one attached hydrogen (secondary N) is 1. The standard InChI is InChI=1S/C23H20FN5O/c24-19-7-5-16(6-8-19)21-9-10-22(28-27-21)29-13-11-17(12-14-29)23(30)26-20-4-2-1-3-18(20)15-25/h1-10,17H,11-14H2,(H,26,30). The van der Waals surface area contributed by atoms with E-state index in [0.717, 1.165) is 11.4 Å². The van der Waals surface area contributed by atoms with E-state index in [1.54, 1.807) is 36.4 Å². The maximum absolute atomic E-state index is 13.1. The van der Waals surface area contributed by atoms with Crippen molar-refractivity contribution in [2.24, 2.45) is 5.92 Å². The molecule has 6 nitrogen and oxygen atoms in total. The number of nitriles is 1. The number of para-hydroxylation sites is 1. The Morgan fingerprint density at radius 1 is 1.03 bits per heavy atom. The lowest BCUT2D eigenvalue weighted by molar-refractivity contribution is -0.120. The van der Waals surface area contributed by atoms with Gasteiger partial charge in [0.15, 0.2) is 5.82 Å². The summed E-state index contributed by atoms with van der Waals surface area (Å²) in [6, 6.07) is 19.0. The molecule has 7 heteroatoms. The zero-order valence-electron chi connectivity index (χ0n) is 16.3. The molecule has 0 aliphatic carbocycles. The molecule has 1 N–H and O–H groups in total. The lowest BCUT2D eigenvalue weighted by atomic mass is 9.95. The fraction of sp³-hybridized carbons (Fsp3) is 0.217. The van der Waals surface area contributed by atoms with Crippen LogP contribution in [-0.4, -0.2) is 29.2 Å². The molecule has 1 aromatic heterocycles. The van der Waals surface area contributed by atoms with Gasteiger partial charge in [0, 0.05) is 24.6 Å². The number of carbonyl (C=O) groups is 1. The van der Waals surface area contributed by atoms with Crippen LogP contribution in [0.4, 0.5) is 15.9 Å². The summed E-state index contributed by atoms with van der Waals surface area (Å²) in [4.78, 5) is 14.7. The third kappa shape index (κ3) is 4.28. The molecular formula is C23H20FN5O. The van der Waals surface area contributed by atoms with Crippen LogP contribution in [0.1, 0.15) is 18.4 Å². The van der Waals surface area contributed by atoms with E-state index >= 15 is 0 Å². The highest BCUT2D eigenvalue weighted by Gasteiger charge is 2.26. The first kappa shape index (κ1) is 19.5. The molecule has 0 atom stereocenters. The Bertz CT molecular complexity index is 1070. The van der Waals surface area contributed by atoms with Gasteiger partial charge in [0.1, 0.15) is 11.9 Å². The van der Waals surface area contributed by atoms with Crippen molar-refractivity contribution >= 4 is 17.4 Å². The number of carbonyl (C=O) groups excluding carboxylic acids is 1. The molecule has 1 aliphatic rings. The molecule has 2 aromatic carbocycles. The van der Waals surface area contributed by atoms with Gasteiger partial charge in [-0.1, -0.05) is 12.1 Å². The van der Waals surface area contributed by atoms with Gasteiger partial charge in [-0.15, -0.1) is 10.2 Å². The van der Waals surface area contributed by atoms with Crippen molar-refractivity contribution in [2.45, 2.75) is 12.8 Å². The third-order valence-electron chi connectivity index (χ3n) is 5.29. The minimum absolute atomic E-state index is 0.0601. The van der Waals surface area contributed by atoms with Crippen molar-refractivity contribution in [3.63, 3.8) is 0 Å². The molecule has 0 unspecified atom stereocenters. The van der Waals surface area contributed by atoms with E-state index in [-0.39, 0.29) is 17.6 Å². The lowest BCUT2D eigenvalue weighted by Crippen LogP contribution is -2.38. The van der Waals surface area contributed by atoms with Gasteiger partial charge in [0.05, 0.1) is 16.9 Å². The first-order valence-corrected chi connectivity index (χ1v) is 9.78. The van der Waals surface area contributed by atoms with E-state index in [0.29, 0.717) is 42.9 Å². The Kier molecular flexibility index (Phi) is 5.66. The van der Waals surface area contributed by atoms with Crippen molar-refractivity contribution in [2.75, 3.05) is 23.3 Å². The summed E-state index contributed by atoms with van der Waals surface area (Å²) in [5.74, 6) is 0.301. The zero-order valence-corrected chi connectivity index (χ0v) is 16.3. The monoisotopic (exact) mass is 401 g/mol. The number of amides is 1. The number of benzene rings is 2. The number of anilines is 2. The van der Waals surface area contributed by atoms with Gasteiger partial charge in [0.2, 0.25) is 5.91 Å². The van der Waals surface area contributed by atoms with Gasteiger partial charge in [0.25, 0.3) is 0 Å². The molecule has 1 fully saturated rings. The van der Waals surface area contributed by atoms with Crippen LogP contribution >= 0.6 is 0 Å². The summed E-state index contributed by atoms with van der Waals surface area (Å²) in [5, 5.41) is 20.6. The average molecular weight is 401 g/mol. The Hall–Kier alpha value is -3.79. The number of nitrogens with zero attached hydrogens (tertiary/aromatic N) is 4.